The monoisotopic (exact) mass is 233 g/mol. The molecule has 0 fully saturated rings. The second-order valence-electron chi connectivity index (χ2n) is 2.59. The second-order valence-corrected chi connectivity index (χ2v) is 2.59. The van der Waals surface area contributed by atoms with E-state index in [-0.39, 0.29) is 18.1 Å². The van der Waals surface area contributed by atoms with Crippen LogP contribution in [0.4, 0.5) is 0 Å². The van der Waals surface area contributed by atoms with Gasteiger partial charge in [0.25, 0.3) is 0 Å². The average molecular weight is 234 g/mol. The van der Waals surface area contributed by atoms with Crippen molar-refractivity contribution in [2.45, 2.75) is 6.92 Å². The molecule has 0 radical (unpaired) electrons. The summed E-state index contributed by atoms with van der Waals surface area (Å²) >= 11 is 0. The van der Waals surface area contributed by atoms with Gasteiger partial charge in [-0.05, 0) is 6.92 Å². The number of rotatable bonds is 2. The molecule has 3 N–H and O–H groups in total. The topological polar surface area (TPSA) is 108 Å². The number of nitrogens with zero attached hydrogens (tertiary/aromatic N) is 1. The van der Waals surface area contributed by atoms with Crippen LogP contribution in [0.15, 0.2) is 6.20 Å². The highest BCUT2D eigenvalue weighted by Crippen LogP contribution is 2.23. The summed E-state index contributed by atoms with van der Waals surface area (Å²) in [6.45, 7) is 1.38. The van der Waals surface area contributed by atoms with Gasteiger partial charge in [-0.1, -0.05) is 0 Å². The molecule has 0 saturated carbocycles. The Morgan fingerprint density at radius 3 is 2.20 bits per heavy atom. The third-order valence-corrected chi connectivity index (χ3v) is 1.68. The number of carbonyl (C=O) groups is 2. The molecule has 0 amide bonds. The molecular weight excluding hydrogens is 226 g/mol. The van der Waals surface area contributed by atoms with Gasteiger partial charge in [0.15, 0.2) is 5.75 Å². The van der Waals surface area contributed by atoms with Gasteiger partial charge in [-0.3, -0.25) is 4.98 Å². The first-order valence-electron chi connectivity index (χ1n) is 3.60. The third kappa shape index (κ3) is 2.35. The second kappa shape index (κ2) is 4.61. The molecular formula is C8H8ClNO5. The fraction of sp³-hybridized carbons (Fsp3) is 0.125. The van der Waals surface area contributed by atoms with Gasteiger partial charge in [0.2, 0.25) is 0 Å². The van der Waals surface area contributed by atoms with Gasteiger partial charge in [-0.15, -0.1) is 12.4 Å². The predicted octanol–water partition coefficient (Wildman–Crippen LogP) is 0.914. The zero-order valence-electron chi connectivity index (χ0n) is 7.59. The molecule has 0 bridgehead atoms. The third-order valence-electron chi connectivity index (χ3n) is 1.68. The molecule has 0 atom stereocenters. The highest BCUT2D eigenvalue weighted by atomic mass is 35.5. The fourth-order valence-electron chi connectivity index (χ4n) is 0.974. The van der Waals surface area contributed by atoms with Crippen molar-refractivity contribution in [3.63, 3.8) is 0 Å². The maximum absolute atomic E-state index is 10.6. The molecule has 1 rings (SSSR count). The summed E-state index contributed by atoms with van der Waals surface area (Å²) < 4.78 is 0. The van der Waals surface area contributed by atoms with Crippen LogP contribution >= 0.6 is 12.4 Å². The molecule has 82 valence electrons. The Kier molecular flexibility index (Phi) is 4.05. The standard InChI is InChI=1S/C8H7NO5.ClH/c1-3-6(10)5(8(13)14)4(2-9-3)7(11)12;/h2,10H,1H3,(H,11,12)(H,13,14);1H. The first-order valence-corrected chi connectivity index (χ1v) is 3.60. The molecule has 0 saturated heterocycles. The van der Waals surface area contributed by atoms with Crippen molar-refractivity contribution in [2.24, 2.45) is 0 Å². The van der Waals surface area contributed by atoms with Crippen LogP contribution in [-0.4, -0.2) is 32.2 Å². The Hall–Kier alpha value is -1.82. The van der Waals surface area contributed by atoms with Gasteiger partial charge in [0, 0.05) is 6.20 Å². The van der Waals surface area contributed by atoms with Crippen LogP contribution in [0, 0.1) is 6.92 Å². The van der Waals surface area contributed by atoms with E-state index in [9.17, 15) is 14.7 Å². The SMILES string of the molecule is Cc1ncc(C(=O)O)c(C(=O)O)c1O.Cl. The Balaban J connectivity index is 0.00000196. The van der Waals surface area contributed by atoms with Gasteiger partial charge in [-0.25, -0.2) is 9.59 Å². The largest absolute Gasteiger partial charge is 0.505 e. The predicted molar refractivity (Wildman–Crippen MR) is 51.8 cm³/mol. The lowest BCUT2D eigenvalue weighted by molar-refractivity contribution is 0.0647. The van der Waals surface area contributed by atoms with Crippen molar-refractivity contribution in [1.29, 1.82) is 0 Å². The van der Waals surface area contributed by atoms with Crippen molar-refractivity contribution < 1.29 is 24.9 Å². The summed E-state index contributed by atoms with van der Waals surface area (Å²) in [5.74, 6) is -3.55. The van der Waals surface area contributed by atoms with Crippen LogP contribution in [0.3, 0.4) is 0 Å². The Morgan fingerprint density at radius 1 is 1.27 bits per heavy atom. The van der Waals surface area contributed by atoms with Gasteiger partial charge in [0.1, 0.15) is 5.56 Å². The van der Waals surface area contributed by atoms with E-state index in [1.807, 2.05) is 0 Å². The van der Waals surface area contributed by atoms with Crippen LogP contribution in [-0.2, 0) is 0 Å². The Morgan fingerprint density at radius 2 is 1.80 bits per heavy atom. The number of hydrogen-bond acceptors (Lipinski definition) is 4. The summed E-state index contributed by atoms with van der Waals surface area (Å²) in [6, 6.07) is 0. The lowest BCUT2D eigenvalue weighted by Crippen LogP contribution is -2.10. The number of aryl methyl sites for hydroxylation is 1. The number of carboxylic acids is 2. The summed E-state index contributed by atoms with van der Waals surface area (Å²) in [7, 11) is 0. The van der Waals surface area contributed by atoms with E-state index in [2.05, 4.69) is 4.98 Å². The van der Waals surface area contributed by atoms with Crippen LogP contribution in [0.1, 0.15) is 26.4 Å². The number of halogens is 1. The molecule has 7 heteroatoms. The maximum atomic E-state index is 10.6. The smallest absolute Gasteiger partial charge is 0.340 e. The van der Waals surface area contributed by atoms with E-state index in [0.717, 1.165) is 6.20 Å². The highest BCUT2D eigenvalue weighted by Gasteiger charge is 2.22. The number of pyridine rings is 1. The first kappa shape index (κ1) is 13.2. The average Bonchev–Trinajstić information content (AvgIpc) is 2.08. The van der Waals surface area contributed by atoms with Crippen LogP contribution in [0.5, 0.6) is 5.75 Å². The van der Waals surface area contributed by atoms with Crippen LogP contribution in [0.2, 0.25) is 0 Å². The van der Waals surface area contributed by atoms with Gasteiger partial charge < -0.3 is 15.3 Å². The maximum Gasteiger partial charge on any atom is 0.340 e. The van der Waals surface area contributed by atoms with Crippen molar-refractivity contribution in [1.82, 2.24) is 4.98 Å². The molecule has 0 aliphatic carbocycles. The fourth-order valence-corrected chi connectivity index (χ4v) is 0.974. The molecule has 0 aliphatic heterocycles. The molecule has 0 spiro atoms. The number of aromatic carboxylic acids is 2. The molecule has 6 nitrogen and oxygen atoms in total. The number of carboxylic acid groups (broad SMARTS) is 2. The molecule has 0 unspecified atom stereocenters. The van der Waals surface area contributed by atoms with Gasteiger partial charge in [0.05, 0.1) is 11.3 Å². The van der Waals surface area contributed by atoms with Crippen LogP contribution < -0.4 is 0 Å². The number of aromatic hydroxyl groups is 1. The van der Waals surface area contributed by atoms with E-state index >= 15 is 0 Å². The van der Waals surface area contributed by atoms with E-state index in [1.165, 1.54) is 6.92 Å². The summed E-state index contributed by atoms with van der Waals surface area (Å²) in [5.41, 5.74) is -1.09. The van der Waals surface area contributed by atoms with E-state index in [0.29, 0.717) is 0 Å². The van der Waals surface area contributed by atoms with E-state index < -0.39 is 28.8 Å². The van der Waals surface area contributed by atoms with Gasteiger partial charge >= 0.3 is 11.9 Å². The van der Waals surface area contributed by atoms with Crippen molar-refractivity contribution >= 4 is 24.3 Å². The zero-order chi connectivity index (χ0) is 10.9. The molecule has 1 heterocycles. The molecule has 1 aromatic rings. The molecule has 0 aliphatic rings. The Bertz CT molecular complexity index is 418. The zero-order valence-corrected chi connectivity index (χ0v) is 8.41. The quantitative estimate of drug-likeness (QED) is 0.701. The Labute approximate surface area is 90.6 Å². The van der Waals surface area contributed by atoms with Crippen molar-refractivity contribution in [2.75, 3.05) is 0 Å². The van der Waals surface area contributed by atoms with E-state index in [4.69, 9.17) is 10.2 Å². The number of hydrogen-bond donors (Lipinski definition) is 3. The molecule has 0 aromatic carbocycles. The molecule has 15 heavy (non-hydrogen) atoms. The van der Waals surface area contributed by atoms with Crippen molar-refractivity contribution in [3.8, 4) is 5.75 Å². The minimum absolute atomic E-state index is 0. The normalized spacial score (nSPS) is 9.13. The minimum atomic E-state index is -1.50. The number of aromatic nitrogens is 1. The van der Waals surface area contributed by atoms with Gasteiger partial charge in [-0.2, -0.15) is 0 Å². The minimum Gasteiger partial charge on any atom is -0.505 e. The summed E-state index contributed by atoms with van der Waals surface area (Å²) in [5, 5.41) is 26.6. The highest BCUT2D eigenvalue weighted by molar-refractivity contribution is 6.03. The lowest BCUT2D eigenvalue weighted by Gasteiger charge is -2.05. The molecule has 1 aromatic heterocycles. The van der Waals surface area contributed by atoms with Crippen LogP contribution in [0.25, 0.3) is 0 Å². The first-order chi connectivity index (χ1) is 6.45. The lowest BCUT2D eigenvalue weighted by atomic mass is 10.1. The summed E-state index contributed by atoms with van der Waals surface area (Å²) in [4.78, 5) is 24.8. The summed E-state index contributed by atoms with van der Waals surface area (Å²) in [6.07, 6.45) is 0.904. The van der Waals surface area contributed by atoms with E-state index in [1.54, 1.807) is 0 Å². The van der Waals surface area contributed by atoms with Crippen molar-refractivity contribution in [3.05, 3.63) is 23.0 Å².